The fourth-order valence-electron chi connectivity index (χ4n) is 2.85. The van der Waals surface area contributed by atoms with E-state index in [0.29, 0.717) is 12.0 Å². The summed E-state index contributed by atoms with van der Waals surface area (Å²) in [7, 11) is 0. The van der Waals surface area contributed by atoms with Crippen LogP contribution in [0.2, 0.25) is 0 Å². The van der Waals surface area contributed by atoms with Crippen molar-refractivity contribution in [2.45, 2.75) is 19.1 Å². The van der Waals surface area contributed by atoms with Gasteiger partial charge in [0.05, 0.1) is 5.52 Å². The smallest absolute Gasteiger partial charge is 0.329 e. The third kappa shape index (κ3) is 5.10. The molecule has 2 aromatic carbocycles. The number of ether oxygens (including phenoxy) is 1. The summed E-state index contributed by atoms with van der Waals surface area (Å²) in [6.07, 6.45) is 4.19. The van der Waals surface area contributed by atoms with Gasteiger partial charge in [0.2, 0.25) is 0 Å². The Kier molecular flexibility index (Phi) is 7.03. The van der Waals surface area contributed by atoms with Crippen molar-refractivity contribution in [2.75, 3.05) is 12.0 Å². The van der Waals surface area contributed by atoms with Crippen LogP contribution in [0.4, 0.5) is 0 Å². The molecule has 6 heteroatoms. The Bertz CT molecular complexity index is 941. The third-order valence-electron chi connectivity index (χ3n) is 4.32. The van der Waals surface area contributed by atoms with E-state index in [4.69, 9.17) is 4.74 Å². The standard InChI is InChI=1S/C22H22N2O3S/c1-28-14-12-19(24-21(25)17-7-3-2-4-8-17)22(26)27-15-18-10-5-9-16-11-6-13-23-20(16)18/h2-11,13,19H,12,14-15H2,1H3,(H,24,25). The molecule has 0 aliphatic rings. The zero-order valence-corrected chi connectivity index (χ0v) is 16.4. The van der Waals surface area contributed by atoms with E-state index < -0.39 is 12.0 Å². The van der Waals surface area contributed by atoms with Gasteiger partial charge in [-0.25, -0.2) is 4.79 Å². The summed E-state index contributed by atoms with van der Waals surface area (Å²) >= 11 is 1.62. The first-order valence-electron chi connectivity index (χ1n) is 9.03. The summed E-state index contributed by atoms with van der Waals surface area (Å²) in [5, 5.41) is 3.79. The second-order valence-electron chi connectivity index (χ2n) is 6.27. The number of thioether (sulfide) groups is 1. The number of hydrogen-bond donors (Lipinski definition) is 1. The van der Waals surface area contributed by atoms with E-state index in [-0.39, 0.29) is 12.5 Å². The van der Waals surface area contributed by atoms with Gasteiger partial charge in [-0.2, -0.15) is 11.8 Å². The number of benzene rings is 2. The topological polar surface area (TPSA) is 68.3 Å². The van der Waals surface area contributed by atoms with Gasteiger partial charge in [-0.1, -0.05) is 42.5 Å². The molecule has 1 unspecified atom stereocenters. The number of rotatable bonds is 8. The summed E-state index contributed by atoms with van der Waals surface area (Å²) in [5.74, 6) is 0.0201. The number of nitrogens with one attached hydrogen (secondary N) is 1. The predicted molar refractivity (Wildman–Crippen MR) is 112 cm³/mol. The minimum atomic E-state index is -0.692. The second kappa shape index (κ2) is 9.90. The number of carbonyl (C=O) groups is 2. The van der Waals surface area contributed by atoms with E-state index in [2.05, 4.69) is 10.3 Å². The second-order valence-corrected chi connectivity index (χ2v) is 7.26. The summed E-state index contributed by atoms with van der Waals surface area (Å²) in [4.78, 5) is 29.5. The number of carbonyl (C=O) groups excluding carboxylic acids is 2. The number of hydrogen-bond acceptors (Lipinski definition) is 5. The fourth-order valence-corrected chi connectivity index (χ4v) is 3.32. The van der Waals surface area contributed by atoms with Crippen molar-refractivity contribution in [3.05, 3.63) is 78.0 Å². The lowest BCUT2D eigenvalue weighted by molar-refractivity contribution is -0.147. The summed E-state index contributed by atoms with van der Waals surface area (Å²) in [5.41, 5.74) is 2.17. The maximum absolute atomic E-state index is 12.7. The Hall–Kier alpha value is -2.86. The molecule has 0 saturated heterocycles. The highest BCUT2D eigenvalue weighted by atomic mass is 32.2. The molecule has 1 aromatic heterocycles. The highest BCUT2D eigenvalue weighted by molar-refractivity contribution is 7.98. The summed E-state index contributed by atoms with van der Waals surface area (Å²) in [6.45, 7) is 0.115. The number of amides is 1. The van der Waals surface area contributed by atoms with Crippen molar-refractivity contribution in [3.63, 3.8) is 0 Å². The molecule has 1 N–H and O–H groups in total. The Morgan fingerprint density at radius 3 is 2.64 bits per heavy atom. The maximum Gasteiger partial charge on any atom is 0.329 e. The Morgan fingerprint density at radius 2 is 1.86 bits per heavy atom. The van der Waals surface area contributed by atoms with Gasteiger partial charge in [0.25, 0.3) is 5.91 Å². The van der Waals surface area contributed by atoms with Crippen molar-refractivity contribution < 1.29 is 14.3 Å². The largest absolute Gasteiger partial charge is 0.459 e. The van der Waals surface area contributed by atoms with Gasteiger partial charge >= 0.3 is 5.97 Å². The van der Waals surface area contributed by atoms with Gasteiger partial charge in [0.1, 0.15) is 12.6 Å². The van der Waals surface area contributed by atoms with Crippen molar-refractivity contribution in [1.29, 1.82) is 0 Å². The molecule has 3 rings (SSSR count). The number of nitrogens with zero attached hydrogens (tertiary/aromatic N) is 1. The molecule has 1 amide bonds. The van der Waals surface area contributed by atoms with Gasteiger partial charge in [0, 0.05) is 22.7 Å². The lowest BCUT2D eigenvalue weighted by Gasteiger charge is -2.18. The molecule has 1 heterocycles. The lowest BCUT2D eigenvalue weighted by atomic mass is 10.1. The molecule has 0 aliphatic carbocycles. The van der Waals surface area contributed by atoms with Gasteiger partial charge in [-0.3, -0.25) is 9.78 Å². The molecular weight excluding hydrogens is 372 g/mol. The molecular formula is C22H22N2O3S. The Morgan fingerprint density at radius 1 is 1.07 bits per heavy atom. The molecule has 5 nitrogen and oxygen atoms in total. The monoisotopic (exact) mass is 394 g/mol. The van der Waals surface area contributed by atoms with Crippen molar-refractivity contribution in [2.24, 2.45) is 0 Å². The van der Waals surface area contributed by atoms with E-state index in [1.54, 1.807) is 42.2 Å². The normalized spacial score (nSPS) is 11.8. The van der Waals surface area contributed by atoms with Crippen LogP contribution in [0.3, 0.4) is 0 Å². The minimum absolute atomic E-state index is 0.115. The number of pyridine rings is 1. The Labute approximate surface area is 168 Å². The van der Waals surface area contributed by atoms with Crippen LogP contribution < -0.4 is 5.32 Å². The van der Waals surface area contributed by atoms with Crippen LogP contribution in [0.15, 0.2) is 66.9 Å². The molecule has 144 valence electrons. The van der Waals surface area contributed by atoms with Crippen LogP contribution in [0, 0.1) is 0 Å². The zero-order chi connectivity index (χ0) is 19.8. The molecule has 0 radical (unpaired) electrons. The first-order chi connectivity index (χ1) is 13.7. The molecule has 28 heavy (non-hydrogen) atoms. The van der Waals surface area contributed by atoms with Gasteiger partial charge in [0.15, 0.2) is 0 Å². The number of aromatic nitrogens is 1. The quantitative estimate of drug-likeness (QED) is 0.588. The van der Waals surface area contributed by atoms with Crippen molar-refractivity contribution in [1.82, 2.24) is 10.3 Å². The SMILES string of the molecule is CSCCC(NC(=O)c1ccccc1)C(=O)OCc1cccc2cccnc12. The van der Waals surface area contributed by atoms with E-state index in [9.17, 15) is 9.59 Å². The van der Waals surface area contributed by atoms with Crippen LogP contribution in [0.25, 0.3) is 10.9 Å². The number of esters is 1. The van der Waals surface area contributed by atoms with Crippen molar-refractivity contribution >= 4 is 34.5 Å². The van der Waals surface area contributed by atoms with E-state index in [0.717, 1.165) is 22.2 Å². The summed E-state index contributed by atoms with van der Waals surface area (Å²) in [6, 6.07) is 17.8. The predicted octanol–water partition coefficient (Wildman–Crippen LogP) is 3.83. The molecule has 1 atom stereocenters. The van der Waals surface area contributed by atoms with Crippen LogP contribution >= 0.6 is 11.8 Å². The first kappa shape index (κ1) is 19.9. The first-order valence-corrected chi connectivity index (χ1v) is 10.4. The van der Waals surface area contributed by atoms with Crippen LogP contribution in [-0.2, 0) is 16.1 Å². The molecule has 0 saturated carbocycles. The average Bonchev–Trinajstić information content (AvgIpc) is 2.75. The van der Waals surface area contributed by atoms with Gasteiger partial charge in [-0.05, 0) is 36.6 Å². The molecule has 0 spiro atoms. The summed E-state index contributed by atoms with van der Waals surface area (Å²) < 4.78 is 5.53. The number of fused-ring (bicyclic) bond motifs is 1. The molecule has 3 aromatic rings. The van der Waals surface area contributed by atoms with Crippen LogP contribution in [-0.4, -0.2) is 34.9 Å². The zero-order valence-electron chi connectivity index (χ0n) is 15.6. The maximum atomic E-state index is 12.7. The average molecular weight is 394 g/mol. The highest BCUT2D eigenvalue weighted by Gasteiger charge is 2.23. The minimum Gasteiger partial charge on any atom is -0.459 e. The van der Waals surface area contributed by atoms with E-state index >= 15 is 0 Å². The van der Waals surface area contributed by atoms with Crippen LogP contribution in [0.5, 0.6) is 0 Å². The number of para-hydroxylation sites is 1. The van der Waals surface area contributed by atoms with Gasteiger partial charge < -0.3 is 10.1 Å². The fraction of sp³-hybridized carbons (Fsp3) is 0.227. The molecule has 0 bridgehead atoms. The Balaban J connectivity index is 1.68. The molecule has 0 aliphatic heterocycles. The van der Waals surface area contributed by atoms with Crippen molar-refractivity contribution in [3.8, 4) is 0 Å². The van der Waals surface area contributed by atoms with E-state index in [1.807, 2.05) is 42.7 Å². The third-order valence-corrected chi connectivity index (χ3v) is 4.97. The van der Waals surface area contributed by atoms with Crippen LogP contribution in [0.1, 0.15) is 22.3 Å². The van der Waals surface area contributed by atoms with Gasteiger partial charge in [-0.15, -0.1) is 0 Å². The highest BCUT2D eigenvalue weighted by Crippen LogP contribution is 2.17. The molecule has 0 fully saturated rings. The lowest BCUT2D eigenvalue weighted by Crippen LogP contribution is -2.42. The van der Waals surface area contributed by atoms with E-state index in [1.165, 1.54) is 0 Å².